The first-order chi connectivity index (χ1) is 13.7. The SMILES string of the molecule is O=C1CC(Cc2ccccc2)C(=O)N1CN1CCC(Cc2ccccc2)CC1. The monoisotopic (exact) mass is 376 g/mol. The number of carbonyl (C=O) groups excluding carboxylic acids is 2. The second-order valence-corrected chi connectivity index (χ2v) is 8.14. The number of imide groups is 1. The first-order valence-corrected chi connectivity index (χ1v) is 10.3. The predicted molar refractivity (Wildman–Crippen MR) is 109 cm³/mol. The van der Waals surface area contributed by atoms with E-state index in [9.17, 15) is 9.59 Å². The van der Waals surface area contributed by atoms with Gasteiger partial charge in [0.1, 0.15) is 0 Å². The maximum absolute atomic E-state index is 12.8. The summed E-state index contributed by atoms with van der Waals surface area (Å²) in [4.78, 5) is 29.0. The number of benzene rings is 2. The molecule has 2 heterocycles. The van der Waals surface area contributed by atoms with Crippen LogP contribution in [0.3, 0.4) is 0 Å². The third kappa shape index (κ3) is 4.50. The average Bonchev–Trinajstić information content (AvgIpc) is 2.98. The molecule has 0 saturated carbocycles. The van der Waals surface area contributed by atoms with Crippen molar-refractivity contribution in [2.24, 2.45) is 11.8 Å². The van der Waals surface area contributed by atoms with Crippen molar-refractivity contribution in [3.05, 3.63) is 71.8 Å². The Hall–Kier alpha value is -2.46. The fraction of sp³-hybridized carbons (Fsp3) is 0.417. The zero-order valence-corrected chi connectivity index (χ0v) is 16.3. The first-order valence-electron chi connectivity index (χ1n) is 10.3. The highest BCUT2D eigenvalue weighted by molar-refractivity contribution is 6.03. The highest BCUT2D eigenvalue weighted by atomic mass is 16.2. The molecule has 2 aromatic carbocycles. The van der Waals surface area contributed by atoms with E-state index in [-0.39, 0.29) is 17.7 Å². The summed E-state index contributed by atoms with van der Waals surface area (Å²) in [5, 5.41) is 0. The number of hydrogen-bond donors (Lipinski definition) is 0. The van der Waals surface area contributed by atoms with E-state index in [1.54, 1.807) is 0 Å². The van der Waals surface area contributed by atoms with Gasteiger partial charge in [-0.2, -0.15) is 0 Å². The molecule has 0 radical (unpaired) electrons. The van der Waals surface area contributed by atoms with Crippen molar-refractivity contribution in [1.82, 2.24) is 9.80 Å². The number of piperidine rings is 1. The van der Waals surface area contributed by atoms with Crippen molar-refractivity contribution in [3.63, 3.8) is 0 Å². The van der Waals surface area contributed by atoms with Crippen LogP contribution in [-0.2, 0) is 22.4 Å². The van der Waals surface area contributed by atoms with Crippen molar-refractivity contribution in [1.29, 1.82) is 0 Å². The van der Waals surface area contributed by atoms with Gasteiger partial charge >= 0.3 is 0 Å². The first kappa shape index (κ1) is 18.9. The fourth-order valence-corrected chi connectivity index (χ4v) is 4.44. The Morgan fingerprint density at radius 1 is 0.786 bits per heavy atom. The lowest BCUT2D eigenvalue weighted by Gasteiger charge is -2.34. The zero-order valence-electron chi connectivity index (χ0n) is 16.3. The van der Waals surface area contributed by atoms with E-state index >= 15 is 0 Å². The Morgan fingerprint density at radius 3 is 1.96 bits per heavy atom. The molecule has 1 unspecified atom stereocenters. The minimum atomic E-state index is -0.203. The summed E-state index contributed by atoms with van der Waals surface area (Å²) in [7, 11) is 0. The van der Waals surface area contributed by atoms with Crippen molar-refractivity contribution in [3.8, 4) is 0 Å². The molecular weight excluding hydrogens is 348 g/mol. The minimum Gasteiger partial charge on any atom is -0.286 e. The van der Waals surface area contributed by atoms with Gasteiger partial charge in [0.05, 0.1) is 12.6 Å². The summed E-state index contributed by atoms with van der Waals surface area (Å²) in [5.74, 6) is 0.470. The van der Waals surface area contributed by atoms with Crippen LogP contribution in [0.25, 0.3) is 0 Å². The quantitative estimate of drug-likeness (QED) is 0.725. The van der Waals surface area contributed by atoms with Crippen LogP contribution in [0.15, 0.2) is 60.7 Å². The largest absolute Gasteiger partial charge is 0.286 e. The zero-order chi connectivity index (χ0) is 19.3. The van der Waals surface area contributed by atoms with Crippen molar-refractivity contribution in [2.75, 3.05) is 19.8 Å². The lowest BCUT2D eigenvalue weighted by atomic mass is 9.90. The molecule has 4 heteroatoms. The topological polar surface area (TPSA) is 40.6 Å². The van der Waals surface area contributed by atoms with E-state index in [0.717, 1.165) is 37.9 Å². The Bertz CT molecular complexity index is 798. The maximum Gasteiger partial charge on any atom is 0.234 e. The van der Waals surface area contributed by atoms with Gasteiger partial charge in [0.2, 0.25) is 11.8 Å². The molecule has 0 aromatic heterocycles. The second-order valence-electron chi connectivity index (χ2n) is 8.14. The third-order valence-electron chi connectivity index (χ3n) is 6.08. The molecule has 0 N–H and O–H groups in total. The van der Waals surface area contributed by atoms with E-state index in [1.165, 1.54) is 10.5 Å². The molecule has 2 saturated heterocycles. The molecule has 0 aliphatic carbocycles. The van der Waals surface area contributed by atoms with Crippen molar-refractivity contribution >= 4 is 11.8 Å². The van der Waals surface area contributed by atoms with Gasteiger partial charge < -0.3 is 0 Å². The third-order valence-corrected chi connectivity index (χ3v) is 6.08. The highest BCUT2D eigenvalue weighted by Crippen LogP contribution is 2.26. The van der Waals surface area contributed by atoms with E-state index in [1.807, 2.05) is 30.3 Å². The Kier molecular flexibility index (Phi) is 5.87. The fourth-order valence-electron chi connectivity index (χ4n) is 4.44. The second kappa shape index (κ2) is 8.70. The molecule has 0 bridgehead atoms. The number of carbonyl (C=O) groups is 2. The van der Waals surface area contributed by atoms with Crippen molar-refractivity contribution < 1.29 is 9.59 Å². The molecule has 2 aliphatic heterocycles. The molecule has 1 atom stereocenters. The van der Waals surface area contributed by atoms with Crippen LogP contribution in [0.1, 0.15) is 30.4 Å². The highest BCUT2D eigenvalue weighted by Gasteiger charge is 2.39. The van der Waals surface area contributed by atoms with Crippen LogP contribution in [0, 0.1) is 11.8 Å². The smallest absolute Gasteiger partial charge is 0.234 e. The van der Waals surface area contributed by atoms with Crippen LogP contribution in [-0.4, -0.2) is 41.4 Å². The maximum atomic E-state index is 12.8. The van der Waals surface area contributed by atoms with Crippen LogP contribution in [0.2, 0.25) is 0 Å². The number of hydrogen-bond acceptors (Lipinski definition) is 3. The molecule has 2 amide bonds. The number of amides is 2. The normalized spacial score (nSPS) is 21.4. The van der Waals surface area contributed by atoms with Crippen LogP contribution in [0.4, 0.5) is 0 Å². The molecule has 2 fully saturated rings. The molecule has 0 spiro atoms. The molecule has 2 aliphatic rings. The molecular formula is C24H28N2O2. The summed E-state index contributed by atoms with van der Waals surface area (Å²) in [5.41, 5.74) is 2.52. The number of nitrogens with zero attached hydrogens (tertiary/aromatic N) is 2. The molecule has 28 heavy (non-hydrogen) atoms. The molecule has 2 aromatic rings. The summed E-state index contributed by atoms with van der Waals surface area (Å²) in [6, 6.07) is 20.6. The van der Waals surface area contributed by atoms with E-state index in [2.05, 4.69) is 35.2 Å². The lowest BCUT2D eigenvalue weighted by molar-refractivity contribution is -0.142. The van der Waals surface area contributed by atoms with Gasteiger partial charge in [0, 0.05) is 19.5 Å². The van der Waals surface area contributed by atoms with E-state index < -0.39 is 0 Å². The summed E-state index contributed by atoms with van der Waals surface area (Å²) in [6.45, 7) is 2.37. The van der Waals surface area contributed by atoms with Crippen LogP contribution in [0.5, 0.6) is 0 Å². The predicted octanol–water partition coefficient (Wildman–Crippen LogP) is 3.52. The standard InChI is InChI=1S/C24H28N2O2/c27-23-17-22(16-20-9-5-2-6-10-20)24(28)26(23)18-25-13-11-21(12-14-25)15-19-7-3-1-4-8-19/h1-10,21-22H,11-18H2. The molecule has 4 rings (SSSR count). The van der Waals surface area contributed by atoms with E-state index in [0.29, 0.717) is 25.4 Å². The number of rotatable bonds is 6. The average molecular weight is 377 g/mol. The molecule has 146 valence electrons. The van der Waals surface area contributed by atoms with Gasteiger partial charge in [-0.25, -0.2) is 0 Å². The van der Waals surface area contributed by atoms with Gasteiger partial charge in [-0.3, -0.25) is 19.4 Å². The lowest BCUT2D eigenvalue weighted by Crippen LogP contribution is -2.45. The summed E-state index contributed by atoms with van der Waals surface area (Å²) >= 11 is 0. The van der Waals surface area contributed by atoms with Crippen LogP contribution >= 0.6 is 0 Å². The summed E-state index contributed by atoms with van der Waals surface area (Å²) < 4.78 is 0. The van der Waals surface area contributed by atoms with Gasteiger partial charge in [-0.1, -0.05) is 60.7 Å². The number of likely N-dealkylation sites (tertiary alicyclic amines) is 2. The Labute approximate surface area is 167 Å². The summed E-state index contributed by atoms with van der Waals surface area (Å²) in [6.07, 6.45) is 4.37. The van der Waals surface area contributed by atoms with Gasteiger partial charge in [-0.15, -0.1) is 0 Å². The van der Waals surface area contributed by atoms with E-state index in [4.69, 9.17) is 0 Å². The van der Waals surface area contributed by atoms with Crippen molar-refractivity contribution in [2.45, 2.75) is 32.1 Å². The Morgan fingerprint density at radius 2 is 1.36 bits per heavy atom. The minimum absolute atomic E-state index is 0.000243. The van der Waals surface area contributed by atoms with Crippen LogP contribution < -0.4 is 0 Å². The van der Waals surface area contributed by atoms with Gasteiger partial charge in [-0.05, 0) is 42.7 Å². The Balaban J connectivity index is 1.27. The van der Waals surface area contributed by atoms with Gasteiger partial charge in [0.25, 0.3) is 0 Å². The molecule has 4 nitrogen and oxygen atoms in total. The van der Waals surface area contributed by atoms with Gasteiger partial charge in [0.15, 0.2) is 0 Å².